The standard InChI is InChI=1S/C20H16Cl2N2O6/c1-28-15-5-4-10(7-12(15)21)6-11-18(25)23-20(27)24(19(11)26)14-9-16(29-2)13(22)8-17(14)30-3/h4-9H,1-3H3,(H,23,25,27). The van der Waals surface area contributed by atoms with Gasteiger partial charge in [0.25, 0.3) is 11.8 Å². The smallest absolute Gasteiger partial charge is 0.336 e. The van der Waals surface area contributed by atoms with Crippen molar-refractivity contribution in [3.05, 3.63) is 51.5 Å². The zero-order chi connectivity index (χ0) is 22.0. The molecule has 1 fully saturated rings. The summed E-state index contributed by atoms with van der Waals surface area (Å²) in [6.45, 7) is 0. The molecule has 0 aliphatic carbocycles. The van der Waals surface area contributed by atoms with E-state index in [2.05, 4.69) is 5.32 Å². The Hall–Kier alpha value is -3.23. The number of halogens is 2. The van der Waals surface area contributed by atoms with Gasteiger partial charge in [-0.1, -0.05) is 29.3 Å². The van der Waals surface area contributed by atoms with Gasteiger partial charge in [-0.2, -0.15) is 0 Å². The number of ether oxygens (including phenoxy) is 3. The summed E-state index contributed by atoms with van der Waals surface area (Å²) < 4.78 is 15.5. The quantitative estimate of drug-likeness (QED) is 0.551. The van der Waals surface area contributed by atoms with Gasteiger partial charge in [0.1, 0.15) is 22.8 Å². The average molecular weight is 451 g/mol. The van der Waals surface area contributed by atoms with Crippen LogP contribution >= 0.6 is 23.2 Å². The molecule has 0 unspecified atom stereocenters. The molecule has 0 radical (unpaired) electrons. The molecule has 4 amide bonds. The van der Waals surface area contributed by atoms with E-state index in [1.807, 2.05) is 0 Å². The second-order valence-corrected chi connectivity index (χ2v) is 6.82. The minimum Gasteiger partial charge on any atom is -0.495 e. The number of anilines is 1. The lowest BCUT2D eigenvalue weighted by Gasteiger charge is -2.28. The number of benzene rings is 2. The summed E-state index contributed by atoms with van der Waals surface area (Å²) in [5, 5.41) is 2.66. The van der Waals surface area contributed by atoms with Gasteiger partial charge in [0.2, 0.25) is 0 Å². The number of urea groups is 1. The maximum Gasteiger partial charge on any atom is 0.336 e. The molecule has 2 aromatic carbocycles. The number of hydrogen-bond acceptors (Lipinski definition) is 6. The topological polar surface area (TPSA) is 94.2 Å². The molecular weight excluding hydrogens is 435 g/mol. The highest BCUT2D eigenvalue weighted by molar-refractivity contribution is 6.40. The monoisotopic (exact) mass is 450 g/mol. The van der Waals surface area contributed by atoms with Crippen LogP contribution < -0.4 is 24.4 Å². The number of rotatable bonds is 5. The Morgan fingerprint density at radius 3 is 2.10 bits per heavy atom. The molecule has 0 atom stereocenters. The van der Waals surface area contributed by atoms with Gasteiger partial charge in [0.05, 0.1) is 37.1 Å². The molecule has 3 rings (SSSR count). The van der Waals surface area contributed by atoms with Crippen molar-refractivity contribution in [3.8, 4) is 17.2 Å². The SMILES string of the molecule is COc1ccc(C=C2C(=O)NC(=O)N(c3cc(OC)c(Cl)cc3OC)C2=O)cc1Cl. The van der Waals surface area contributed by atoms with Crippen LogP contribution in [0.25, 0.3) is 6.08 Å². The molecular formula is C20H16Cl2N2O6. The first-order valence-electron chi connectivity index (χ1n) is 8.47. The second-order valence-electron chi connectivity index (χ2n) is 6.01. The number of barbiturate groups is 1. The second kappa shape index (κ2) is 8.64. The van der Waals surface area contributed by atoms with Gasteiger partial charge in [-0.3, -0.25) is 14.9 Å². The molecule has 1 heterocycles. The molecule has 0 saturated carbocycles. The van der Waals surface area contributed by atoms with Crippen molar-refractivity contribution < 1.29 is 28.6 Å². The maximum atomic E-state index is 13.1. The van der Waals surface area contributed by atoms with Gasteiger partial charge in [-0.15, -0.1) is 0 Å². The van der Waals surface area contributed by atoms with Crippen LogP contribution in [0.5, 0.6) is 17.2 Å². The lowest BCUT2D eigenvalue weighted by atomic mass is 10.1. The fourth-order valence-corrected chi connectivity index (χ4v) is 3.33. The van der Waals surface area contributed by atoms with Crippen molar-refractivity contribution in [1.82, 2.24) is 5.32 Å². The van der Waals surface area contributed by atoms with Gasteiger partial charge in [0, 0.05) is 12.1 Å². The normalized spacial score (nSPS) is 15.3. The van der Waals surface area contributed by atoms with E-state index in [-0.39, 0.29) is 27.8 Å². The van der Waals surface area contributed by atoms with Gasteiger partial charge >= 0.3 is 6.03 Å². The average Bonchev–Trinajstić information content (AvgIpc) is 2.71. The van der Waals surface area contributed by atoms with Crippen molar-refractivity contribution in [2.45, 2.75) is 0 Å². The summed E-state index contributed by atoms with van der Waals surface area (Å²) in [5.74, 6) is -0.887. The molecule has 1 aliphatic rings. The predicted octanol–water partition coefficient (Wildman–Crippen LogP) is 3.69. The number of carbonyl (C=O) groups is 3. The third kappa shape index (κ3) is 3.92. The molecule has 2 aromatic rings. The van der Waals surface area contributed by atoms with Gasteiger partial charge in [-0.25, -0.2) is 9.69 Å². The highest BCUT2D eigenvalue weighted by atomic mass is 35.5. The van der Waals surface area contributed by atoms with Crippen molar-refractivity contribution in [2.75, 3.05) is 26.2 Å². The Morgan fingerprint density at radius 2 is 1.50 bits per heavy atom. The van der Waals surface area contributed by atoms with E-state index in [4.69, 9.17) is 37.4 Å². The van der Waals surface area contributed by atoms with Crippen LogP contribution in [0.4, 0.5) is 10.5 Å². The van der Waals surface area contributed by atoms with Crippen LogP contribution in [0, 0.1) is 0 Å². The van der Waals surface area contributed by atoms with Crippen molar-refractivity contribution in [1.29, 1.82) is 0 Å². The lowest BCUT2D eigenvalue weighted by molar-refractivity contribution is -0.122. The zero-order valence-electron chi connectivity index (χ0n) is 16.1. The van der Waals surface area contributed by atoms with Crippen LogP contribution in [-0.2, 0) is 9.59 Å². The number of hydrogen-bond donors (Lipinski definition) is 1. The maximum absolute atomic E-state index is 13.1. The molecule has 1 N–H and O–H groups in total. The van der Waals surface area contributed by atoms with Gasteiger partial charge in [0.15, 0.2) is 0 Å². The van der Waals surface area contributed by atoms with Gasteiger partial charge < -0.3 is 14.2 Å². The van der Waals surface area contributed by atoms with Crippen LogP contribution in [0.1, 0.15) is 5.56 Å². The largest absolute Gasteiger partial charge is 0.495 e. The van der Waals surface area contributed by atoms with Crippen molar-refractivity contribution in [3.63, 3.8) is 0 Å². The van der Waals surface area contributed by atoms with Crippen molar-refractivity contribution in [2.24, 2.45) is 0 Å². The minimum absolute atomic E-state index is 0.0624. The molecule has 156 valence electrons. The Bertz CT molecular complexity index is 1080. The van der Waals surface area contributed by atoms with Crippen LogP contribution in [0.15, 0.2) is 35.9 Å². The first-order chi connectivity index (χ1) is 14.3. The summed E-state index contributed by atoms with van der Waals surface area (Å²) in [6.07, 6.45) is 1.32. The van der Waals surface area contributed by atoms with E-state index in [9.17, 15) is 14.4 Å². The third-order valence-electron chi connectivity index (χ3n) is 4.28. The summed E-state index contributed by atoms with van der Waals surface area (Å²) in [5.41, 5.74) is 0.258. The highest BCUT2D eigenvalue weighted by Gasteiger charge is 2.38. The number of amides is 4. The number of nitrogens with zero attached hydrogens (tertiary/aromatic N) is 1. The van der Waals surface area contributed by atoms with Crippen LogP contribution in [0.2, 0.25) is 10.0 Å². The number of nitrogens with one attached hydrogen (secondary N) is 1. The van der Waals surface area contributed by atoms with E-state index in [0.29, 0.717) is 16.3 Å². The minimum atomic E-state index is -0.933. The van der Waals surface area contributed by atoms with Crippen LogP contribution in [0.3, 0.4) is 0 Å². The Labute approximate surface area is 181 Å². The summed E-state index contributed by atoms with van der Waals surface area (Å²) in [4.78, 5) is 38.7. The fraction of sp³-hybridized carbons (Fsp3) is 0.150. The van der Waals surface area contributed by atoms with E-state index in [1.54, 1.807) is 12.1 Å². The molecule has 1 saturated heterocycles. The van der Waals surface area contributed by atoms with Crippen molar-refractivity contribution >= 4 is 52.8 Å². The lowest BCUT2D eigenvalue weighted by Crippen LogP contribution is -2.54. The molecule has 30 heavy (non-hydrogen) atoms. The fourth-order valence-electron chi connectivity index (χ4n) is 2.83. The molecule has 8 nitrogen and oxygen atoms in total. The third-order valence-corrected chi connectivity index (χ3v) is 4.87. The van der Waals surface area contributed by atoms with Gasteiger partial charge in [-0.05, 0) is 23.8 Å². The first-order valence-corrected chi connectivity index (χ1v) is 9.22. The summed E-state index contributed by atoms with van der Waals surface area (Å²) >= 11 is 12.2. The number of imide groups is 2. The predicted molar refractivity (Wildman–Crippen MR) is 112 cm³/mol. The Balaban J connectivity index is 2.08. The Morgan fingerprint density at radius 1 is 0.867 bits per heavy atom. The van der Waals surface area contributed by atoms with E-state index in [1.165, 1.54) is 45.6 Å². The van der Waals surface area contributed by atoms with E-state index in [0.717, 1.165) is 4.90 Å². The zero-order valence-corrected chi connectivity index (χ0v) is 17.6. The number of carbonyl (C=O) groups excluding carboxylic acids is 3. The first kappa shape index (κ1) is 21.5. The Kier molecular flexibility index (Phi) is 6.19. The molecule has 10 heteroatoms. The molecule has 0 aromatic heterocycles. The van der Waals surface area contributed by atoms with Crippen LogP contribution in [-0.4, -0.2) is 39.2 Å². The van der Waals surface area contributed by atoms with E-state index >= 15 is 0 Å². The molecule has 0 spiro atoms. The summed E-state index contributed by atoms with van der Waals surface area (Å²) in [6, 6.07) is 6.58. The molecule has 0 bridgehead atoms. The summed E-state index contributed by atoms with van der Waals surface area (Å²) in [7, 11) is 4.21. The highest BCUT2D eigenvalue weighted by Crippen LogP contribution is 2.39. The van der Waals surface area contributed by atoms with E-state index < -0.39 is 17.8 Å². The number of methoxy groups -OCH3 is 3. The molecule has 1 aliphatic heterocycles.